The average Bonchev–Trinajstić information content (AvgIpc) is 3.38. The highest BCUT2D eigenvalue weighted by Gasteiger charge is 2.20. The molecule has 6 rings (SSSR count). The molecule has 3 aromatic heterocycles. The Morgan fingerprint density at radius 3 is 1.98 bits per heavy atom. The Morgan fingerprint density at radius 2 is 1.35 bits per heavy atom. The summed E-state index contributed by atoms with van der Waals surface area (Å²) in [5, 5.41) is 16.8. The van der Waals surface area contributed by atoms with Crippen molar-refractivity contribution in [1.82, 2.24) is 29.7 Å². The van der Waals surface area contributed by atoms with E-state index in [2.05, 4.69) is 44.9 Å². The third kappa shape index (κ3) is 7.74. The topological polar surface area (TPSA) is 198 Å². The number of nitrogens with zero attached hydrogens (tertiary/aromatic N) is 8. The maximum atomic E-state index is 13.0. The van der Waals surface area contributed by atoms with Crippen molar-refractivity contribution < 1.29 is 16.8 Å². The summed E-state index contributed by atoms with van der Waals surface area (Å²) < 4.78 is 58.2. The summed E-state index contributed by atoms with van der Waals surface area (Å²) in [5.41, 5.74) is 4.02. The number of sulfonamides is 2. The van der Waals surface area contributed by atoms with Crippen LogP contribution in [-0.2, 0) is 20.0 Å². The third-order valence-corrected chi connectivity index (χ3v) is 9.67. The lowest BCUT2D eigenvalue weighted by Crippen LogP contribution is -2.15. The molecule has 0 radical (unpaired) electrons. The van der Waals surface area contributed by atoms with E-state index < -0.39 is 20.0 Å². The van der Waals surface area contributed by atoms with Crippen LogP contribution < -0.4 is 14.8 Å². The molecule has 3 heterocycles. The van der Waals surface area contributed by atoms with Crippen molar-refractivity contribution in [2.45, 2.75) is 30.6 Å². The summed E-state index contributed by atoms with van der Waals surface area (Å²) in [6.07, 6.45) is 2.68. The molecule has 0 spiro atoms. The number of rotatable bonds is 11. The first-order valence-electron chi connectivity index (χ1n) is 14.6. The van der Waals surface area contributed by atoms with Crippen LogP contribution in [0, 0.1) is 20.8 Å². The van der Waals surface area contributed by atoms with Crippen molar-refractivity contribution in [3.05, 3.63) is 121 Å². The van der Waals surface area contributed by atoms with Gasteiger partial charge >= 0.3 is 0 Å². The maximum absolute atomic E-state index is 13.0. The Balaban J connectivity index is 1.27. The Labute approximate surface area is 282 Å². The molecule has 0 aliphatic carbocycles. The lowest BCUT2D eigenvalue weighted by atomic mass is 10.3. The van der Waals surface area contributed by atoms with Crippen LogP contribution in [-0.4, -0.2) is 46.6 Å². The summed E-state index contributed by atoms with van der Waals surface area (Å²) in [6, 6.07) is 24.6. The van der Waals surface area contributed by atoms with Crippen LogP contribution >= 0.6 is 0 Å². The molecular weight excluding hydrogens is 667 g/mol. The van der Waals surface area contributed by atoms with Crippen molar-refractivity contribution in [1.29, 1.82) is 0 Å². The molecular formula is C32H29N11O4S2. The fourth-order valence-corrected chi connectivity index (χ4v) is 6.62. The quantitative estimate of drug-likeness (QED) is 0.132. The van der Waals surface area contributed by atoms with Gasteiger partial charge in [0.25, 0.3) is 20.0 Å². The fourth-order valence-electron chi connectivity index (χ4n) is 4.67. The zero-order valence-corrected chi connectivity index (χ0v) is 28.0. The second kappa shape index (κ2) is 13.6. The van der Waals surface area contributed by atoms with E-state index in [1.165, 1.54) is 55.0 Å². The molecule has 3 aromatic carbocycles. The molecule has 0 saturated carbocycles. The summed E-state index contributed by atoms with van der Waals surface area (Å²) in [6.45, 7) is 5.31. The normalized spacial score (nSPS) is 11.8. The van der Waals surface area contributed by atoms with Crippen LogP contribution in [0.1, 0.15) is 17.1 Å². The van der Waals surface area contributed by atoms with Gasteiger partial charge in [0.1, 0.15) is 12.1 Å². The molecule has 49 heavy (non-hydrogen) atoms. The van der Waals surface area contributed by atoms with Gasteiger partial charge in [-0.3, -0.25) is 4.72 Å². The minimum atomic E-state index is -3.95. The zero-order valence-electron chi connectivity index (χ0n) is 26.3. The SMILES string of the molecule is Cc1cc(C)nc(NS(=O)(=O)c2ccc(N=Nc3c(Nc4ccccc4)nn(-c4ccc(S(=O)(=O)Nc5ccncn5)cc4)c3C)cc2)n1. The number of anilines is 4. The molecule has 17 heteroatoms. The van der Waals surface area contributed by atoms with Gasteiger partial charge < -0.3 is 5.32 Å². The summed E-state index contributed by atoms with van der Waals surface area (Å²) in [4.78, 5) is 16.0. The molecule has 0 atom stereocenters. The van der Waals surface area contributed by atoms with Crippen molar-refractivity contribution in [3.8, 4) is 5.69 Å². The lowest BCUT2D eigenvalue weighted by molar-refractivity contribution is 0.599. The van der Waals surface area contributed by atoms with Gasteiger partial charge in [0.15, 0.2) is 11.5 Å². The first-order valence-corrected chi connectivity index (χ1v) is 17.6. The molecule has 0 fully saturated rings. The van der Waals surface area contributed by atoms with Gasteiger partial charge in [-0.05, 0) is 93.6 Å². The first-order chi connectivity index (χ1) is 23.5. The van der Waals surface area contributed by atoms with Gasteiger partial charge in [0.05, 0.1) is 26.9 Å². The number of hydrogen-bond donors (Lipinski definition) is 3. The van der Waals surface area contributed by atoms with Crippen LogP contribution in [0.15, 0.2) is 124 Å². The number of benzene rings is 3. The number of nitrogens with one attached hydrogen (secondary N) is 3. The van der Waals surface area contributed by atoms with E-state index in [9.17, 15) is 16.8 Å². The molecule has 3 N–H and O–H groups in total. The van der Waals surface area contributed by atoms with Crippen molar-refractivity contribution in [2.24, 2.45) is 10.2 Å². The molecule has 6 aromatic rings. The number of aryl methyl sites for hydroxylation is 2. The standard InChI is InChI=1S/C32H29N11O4S2/c1-21-19-22(2)36-32(35-21)42-49(46,47)27-13-9-25(10-14-27)38-39-30-23(3)43(40-31(30)37-24-7-5-4-6-8-24)26-11-15-28(16-12-26)48(44,45)41-29-17-18-33-20-34-29/h4-20H,1-3H3,(H,37,40)(H,33,34,41)(H,35,36,42). The average molecular weight is 696 g/mol. The second-order valence-corrected chi connectivity index (χ2v) is 14.0. The van der Waals surface area contributed by atoms with E-state index in [0.717, 1.165) is 5.69 Å². The Bertz CT molecular complexity index is 2330. The molecule has 0 aliphatic heterocycles. The fraction of sp³-hybridized carbons (Fsp3) is 0.0938. The maximum Gasteiger partial charge on any atom is 0.264 e. The monoisotopic (exact) mass is 695 g/mol. The Hall–Kier alpha value is -6.07. The largest absolute Gasteiger partial charge is 0.337 e. The highest BCUT2D eigenvalue weighted by atomic mass is 32.2. The van der Waals surface area contributed by atoms with Crippen LogP contribution in [0.25, 0.3) is 5.69 Å². The van der Waals surface area contributed by atoms with E-state index in [1.807, 2.05) is 30.3 Å². The molecule has 0 bridgehead atoms. The van der Waals surface area contributed by atoms with Gasteiger partial charge in [0.2, 0.25) is 5.95 Å². The van der Waals surface area contributed by atoms with Gasteiger partial charge in [-0.2, -0.15) is 5.11 Å². The Kier molecular flexibility index (Phi) is 9.10. The molecule has 15 nitrogen and oxygen atoms in total. The van der Waals surface area contributed by atoms with Crippen LogP contribution in [0.2, 0.25) is 0 Å². The van der Waals surface area contributed by atoms with Gasteiger partial charge in [-0.1, -0.05) is 18.2 Å². The minimum absolute atomic E-state index is 0.00217. The van der Waals surface area contributed by atoms with Crippen LogP contribution in [0.4, 0.5) is 34.6 Å². The van der Waals surface area contributed by atoms with E-state index in [0.29, 0.717) is 40.0 Å². The predicted molar refractivity (Wildman–Crippen MR) is 184 cm³/mol. The van der Waals surface area contributed by atoms with Crippen molar-refractivity contribution in [2.75, 3.05) is 14.8 Å². The van der Waals surface area contributed by atoms with E-state index in [1.54, 1.807) is 43.7 Å². The number of para-hydroxylation sites is 1. The summed E-state index contributed by atoms with van der Waals surface area (Å²) in [5.74, 6) is 0.530. The smallest absolute Gasteiger partial charge is 0.264 e. The minimum Gasteiger partial charge on any atom is -0.337 e. The van der Waals surface area contributed by atoms with Crippen molar-refractivity contribution in [3.63, 3.8) is 0 Å². The molecule has 0 saturated heterocycles. The Morgan fingerprint density at radius 1 is 0.714 bits per heavy atom. The first kappa shape index (κ1) is 32.9. The van der Waals surface area contributed by atoms with Gasteiger partial charge in [0, 0.05) is 23.3 Å². The van der Waals surface area contributed by atoms with Gasteiger partial charge in [-0.15, -0.1) is 10.2 Å². The van der Waals surface area contributed by atoms with E-state index in [-0.39, 0.29) is 21.6 Å². The highest BCUT2D eigenvalue weighted by Crippen LogP contribution is 2.34. The highest BCUT2D eigenvalue weighted by molar-refractivity contribution is 7.93. The van der Waals surface area contributed by atoms with E-state index in [4.69, 9.17) is 5.10 Å². The third-order valence-electron chi connectivity index (χ3n) is 6.95. The van der Waals surface area contributed by atoms with E-state index >= 15 is 0 Å². The molecule has 248 valence electrons. The lowest BCUT2D eigenvalue weighted by Gasteiger charge is -2.09. The predicted octanol–water partition coefficient (Wildman–Crippen LogP) is 6.14. The molecule has 0 aliphatic rings. The second-order valence-electron chi connectivity index (χ2n) is 10.7. The molecule has 0 unspecified atom stereocenters. The summed E-state index contributed by atoms with van der Waals surface area (Å²) >= 11 is 0. The van der Waals surface area contributed by atoms with Crippen LogP contribution in [0.5, 0.6) is 0 Å². The number of hydrogen-bond acceptors (Lipinski definition) is 12. The number of azo groups is 1. The van der Waals surface area contributed by atoms with Crippen molar-refractivity contribution >= 4 is 54.7 Å². The van der Waals surface area contributed by atoms with Crippen LogP contribution in [0.3, 0.4) is 0 Å². The van der Waals surface area contributed by atoms with Gasteiger partial charge in [-0.25, -0.2) is 46.2 Å². The number of aromatic nitrogens is 6. The molecule has 0 amide bonds. The zero-order chi connectivity index (χ0) is 34.6. The summed E-state index contributed by atoms with van der Waals surface area (Å²) in [7, 11) is -7.85.